The molecule has 1 aliphatic rings. The molecule has 1 fully saturated rings. The minimum absolute atomic E-state index is 0.00161. The maximum atomic E-state index is 12.1. The Morgan fingerprint density at radius 3 is 2.61 bits per heavy atom. The summed E-state index contributed by atoms with van der Waals surface area (Å²) in [5, 5.41) is 3.45. The number of anilines is 1. The van der Waals surface area contributed by atoms with Crippen molar-refractivity contribution in [2.75, 3.05) is 5.32 Å². The van der Waals surface area contributed by atoms with E-state index in [0.29, 0.717) is 15.6 Å². The maximum absolute atomic E-state index is 12.1. The summed E-state index contributed by atoms with van der Waals surface area (Å²) in [5.74, 6) is -0.743. The lowest BCUT2D eigenvalue weighted by atomic mass is 10.3. The van der Waals surface area contributed by atoms with Crippen LogP contribution >= 0.6 is 11.3 Å². The SMILES string of the molecule is Cc1cc(NC(=O)C2CC2)sc1C(=O)NNC(=O)c1ccc[nH]1. The van der Waals surface area contributed by atoms with Crippen LogP contribution in [0.5, 0.6) is 0 Å². The van der Waals surface area contributed by atoms with Crippen LogP contribution in [-0.2, 0) is 4.79 Å². The Bertz CT molecular complexity index is 747. The van der Waals surface area contributed by atoms with Crippen LogP contribution in [0.3, 0.4) is 0 Å². The number of amides is 3. The molecule has 0 spiro atoms. The summed E-state index contributed by atoms with van der Waals surface area (Å²) in [4.78, 5) is 38.8. The van der Waals surface area contributed by atoms with E-state index in [1.165, 1.54) is 11.3 Å². The lowest BCUT2D eigenvalue weighted by molar-refractivity contribution is -0.117. The van der Waals surface area contributed by atoms with Crippen molar-refractivity contribution in [3.05, 3.63) is 40.5 Å². The van der Waals surface area contributed by atoms with Crippen molar-refractivity contribution in [3.8, 4) is 0 Å². The molecule has 4 N–H and O–H groups in total. The van der Waals surface area contributed by atoms with Crippen LogP contribution in [0, 0.1) is 12.8 Å². The van der Waals surface area contributed by atoms with Crippen LogP contribution in [0.2, 0.25) is 0 Å². The molecule has 0 aromatic carbocycles. The number of rotatable bonds is 4. The molecular formula is C15H16N4O3S. The minimum Gasteiger partial charge on any atom is -0.357 e. The summed E-state index contributed by atoms with van der Waals surface area (Å²) in [6.07, 6.45) is 3.47. The van der Waals surface area contributed by atoms with Gasteiger partial charge in [-0.3, -0.25) is 25.2 Å². The molecular weight excluding hydrogens is 316 g/mol. The lowest BCUT2D eigenvalue weighted by Crippen LogP contribution is -2.41. The van der Waals surface area contributed by atoms with Crippen molar-refractivity contribution in [1.82, 2.24) is 15.8 Å². The fourth-order valence-corrected chi connectivity index (χ4v) is 3.02. The highest BCUT2D eigenvalue weighted by Gasteiger charge is 2.30. The third kappa shape index (κ3) is 3.59. The molecule has 7 nitrogen and oxygen atoms in total. The van der Waals surface area contributed by atoms with E-state index in [1.54, 1.807) is 31.3 Å². The van der Waals surface area contributed by atoms with E-state index in [4.69, 9.17) is 0 Å². The van der Waals surface area contributed by atoms with E-state index < -0.39 is 11.8 Å². The third-order valence-electron chi connectivity index (χ3n) is 3.45. The fourth-order valence-electron chi connectivity index (χ4n) is 2.05. The highest BCUT2D eigenvalue weighted by atomic mass is 32.1. The van der Waals surface area contributed by atoms with E-state index in [-0.39, 0.29) is 11.8 Å². The second kappa shape index (κ2) is 6.25. The maximum Gasteiger partial charge on any atom is 0.286 e. The first-order chi connectivity index (χ1) is 11.0. The second-order valence-corrected chi connectivity index (χ2v) is 6.43. The van der Waals surface area contributed by atoms with Gasteiger partial charge in [0.2, 0.25) is 5.91 Å². The Morgan fingerprint density at radius 1 is 1.22 bits per heavy atom. The number of H-pyrrole nitrogens is 1. The van der Waals surface area contributed by atoms with Crippen LogP contribution in [-0.4, -0.2) is 22.7 Å². The molecule has 2 aromatic heterocycles. The fraction of sp³-hybridized carbons (Fsp3) is 0.267. The smallest absolute Gasteiger partial charge is 0.286 e. The van der Waals surface area contributed by atoms with Crippen molar-refractivity contribution in [1.29, 1.82) is 0 Å². The first kappa shape index (κ1) is 15.3. The van der Waals surface area contributed by atoms with Crippen LogP contribution in [0.4, 0.5) is 5.00 Å². The first-order valence-corrected chi connectivity index (χ1v) is 8.01. The van der Waals surface area contributed by atoms with Gasteiger partial charge in [0, 0.05) is 12.1 Å². The molecule has 3 rings (SSSR count). The van der Waals surface area contributed by atoms with Gasteiger partial charge in [0.05, 0.1) is 9.88 Å². The van der Waals surface area contributed by atoms with Gasteiger partial charge in [-0.25, -0.2) is 0 Å². The van der Waals surface area contributed by atoms with E-state index in [9.17, 15) is 14.4 Å². The zero-order valence-electron chi connectivity index (χ0n) is 12.4. The average Bonchev–Trinajstić information content (AvgIpc) is 3.11. The Kier molecular flexibility index (Phi) is 4.16. The summed E-state index contributed by atoms with van der Waals surface area (Å²) in [6, 6.07) is 5.05. The minimum atomic E-state index is -0.431. The van der Waals surface area contributed by atoms with Crippen LogP contribution in [0.15, 0.2) is 24.4 Å². The number of carbonyl (C=O) groups excluding carboxylic acids is 3. The van der Waals surface area contributed by atoms with Gasteiger partial charge >= 0.3 is 0 Å². The molecule has 1 aliphatic carbocycles. The summed E-state index contributed by atoms with van der Waals surface area (Å²) in [5.41, 5.74) is 5.80. The average molecular weight is 332 g/mol. The van der Waals surface area contributed by atoms with Gasteiger partial charge in [-0.1, -0.05) is 0 Å². The number of aryl methyl sites for hydroxylation is 1. The monoisotopic (exact) mass is 332 g/mol. The zero-order valence-corrected chi connectivity index (χ0v) is 13.3. The molecule has 0 unspecified atom stereocenters. The second-order valence-electron chi connectivity index (χ2n) is 5.38. The van der Waals surface area contributed by atoms with E-state index >= 15 is 0 Å². The summed E-state index contributed by atoms with van der Waals surface area (Å²) in [7, 11) is 0. The van der Waals surface area contributed by atoms with Crippen molar-refractivity contribution < 1.29 is 14.4 Å². The molecule has 23 heavy (non-hydrogen) atoms. The Labute approximate surface area is 136 Å². The molecule has 1 saturated carbocycles. The summed E-state index contributed by atoms with van der Waals surface area (Å²) >= 11 is 1.19. The Morgan fingerprint density at radius 2 is 1.96 bits per heavy atom. The summed E-state index contributed by atoms with van der Waals surface area (Å²) < 4.78 is 0. The van der Waals surface area contributed by atoms with Crippen molar-refractivity contribution in [3.63, 3.8) is 0 Å². The van der Waals surface area contributed by atoms with E-state index in [2.05, 4.69) is 21.2 Å². The highest BCUT2D eigenvalue weighted by molar-refractivity contribution is 7.18. The molecule has 0 saturated heterocycles. The molecule has 2 aromatic rings. The normalized spacial score (nSPS) is 13.4. The number of thiophene rings is 1. The number of aromatic nitrogens is 1. The van der Waals surface area contributed by atoms with Crippen LogP contribution < -0.4 is 16.2 Å². The van der Waals surface area contributed by atoms with Gasteiger partial charge in [0.1, 0.15) is 5.69 Å². The third-order valence-corrected chi connectivity index (χ3v) is 4.60. The molecule has 2 heterocycles. The molecule has 0 radical (unpaired) electrons. The summed E-state index contributed by atoms with van der Waals surface area (Å²) in [6.45, 7) is 1.78. The van der Waals surface area contributed by atoms with E-state index in [1.807, 2.05) is 0 Å². The van der Waals surface area contributed by atoms with Gasteiger partial charge in [0.25, 0.3) is 11.8 Å². The van der Waals surface area contributed by atoms with Gasteiger partial charge in [-0.05, 0) is 43.5 Å². The Hall–Kier alpha value is -2.61. The Balaban J connectivity index is 1.59. The van der Waals surface area contributed by atoms with Crippen LogP contribution in [0.1, 0.15) is 38.6 Å². The number of carbonyl (C=O) groups is 3. The quantitative estimate of drug-likeness (QED) is 0.642. The zero-order chi connectivity index (χ0) is 16.4. The standard InChI is InChI=1S/C15H16N4O3S/c1-8-7-11(17-13(20)9-4-5-9)23-12(8)15(22)19-18-14(21)10-3-2-6-16-10/h2-3,6-7,9,16H,4-5H2,1H3,(H,17,20)(H,18,21)(H,19,22). The molecule has 0 bridgehead atoms. The predicted octanol–water partition coefficient (Wildman–Crippen LogP) is 1.81. The lowest BCUT2D eigenvalue weighted by Gasteiger charge is -2.05. The van der Waals surface area contributed by atoms with Crippen molar-refractivity contribution in [2.45, 2.75) is 19.8 Å². The number of nitrogens with one attached hydrogen (secondary N) is 4. The number of hydrazine groups is 1. The molecule has 0 atom stereocenters. The van der Waals surface area contributed by atoms with Gasteiger partial charge in [0.15, 0.2) is 0 Å². The van der Waals surface area contributed by atoms with Crippen LogP contribution in [0.25, 0.3) is 0 Å². The molecule has 8 heteroatoms. The predicted molar refractivity (Wildman–Crippen MR) is 86.1 cm³/mol. The van der Waals surface area contributed by atoms with Crippen molar-refractivity contribution >= 4 is 34.1 Å². The topological polar surface area (TPSA) is 103 Å². The number of aromatic amines is 1. The molecule has 120 valence electrons. The van der Waals surface area contributed by atoms with Gasteiger partial charge < -0.3 is 10.3 Å². The van der Waals surface area contributed by atoms with E-state index in [0.717, 1.165) is 18.4 Å². The highest BCUT2D eigenvalue weighted by Crippen LogP contribution is 2.32. The van der Waals surface area contributed by atoms with Gasteiger partial charge in [-0.2, -0.15) is 0 Å². The van der Waals surface area contributed by atoms with Gasteiger partial charge in [-0.15, -0.1) is 11.3 Å². The van der Waals surface area contributed by atoms with Crippen molar-refractivity contribution in [2.24, 2.45) is 5.92 Å². The number of hydrogen-bond donors (Lipinski definition) is 4. The largest absolute Gasteiger partial charge is 0.357 e. The first-order valence-electron chi connectivity index (χ1n) is 7.20. The molecule has 0 aliphatic heterocycles. The molecule has 3 amide bonds. The number of hydrogen-bond acceptors (Lipinski definition) is 4.